The van der Waals surface area contributed by atoms with Crippen molar-refractivity contribution in [2.45, 2.75) is 17.8 Å². The number of rotatable bonds is 4. The Morgan fingerprint density at radius 1 is 1.33 bits per heavy atom. The van der Waals surface area contributed by atoms with E-state index in [0.29, 0.717) is 13.0 Å². The van der Waals surface area contributed by atoms with Crippen molar-refractivity contribution in [3.63, 3.8) is 0 Å². The van der Waals surface area contributed by atoms with Gasteiger partial charge in [-0.15, -0.1) is 0 Å². The van der Waals surface area contributed by atoms with Gasteiger partial charge in [0, 0.05) is 17.8 Å². The molecule has 1 aliphatic heterocycles. The molecule has 98 valence electrons. The maximum Gasteiger partial charge on any atom is 0.224 e. The zero-order chi connectivity index (χ0) is 13.1. The molecule has 1 saturated heterocycles. The Morgan fingerprint density at radius 2 is 1.94 bits per heavy atom. The van der Waals surface area contributed by atoms with Gasteiger partial charge in [-0.05, 0) is 12.1 Å². The van der Waals surface area contributed by atoms with Crippen molar-refractivity contribution in [2.24, 2.45) is 0 Å². The standard InChI is InChI=1S/C13H16BrNO3/c1-17-11-4-3-5-12(18-2)10(11)8-15-7-9(14)6-13(15)16/h3-5,9H,6-8H2,1-2H3. The number of amides is 1. The third kappa shape index (κ3) is 2.61. The zero-order valence-corrected chi connectivity index (χ0v) is 12.1. The first kappa shape index (κ1) is 13.2. The lowest BCUT2D eigenvalue weighted by atomic mass is 10.1. The molecular formula is C13H16BrNO3. The first-order chi connectivity index (χ1) is 8.65. The number of benzene rings is 1. The molecule has 1 atom stereocenters. The second-order valence-electron chi connectivity index (χ2n) is 4.22. The molecular weight excluding hydrogens is 298 g/mol. The quantitative estimate of drug-likeness (QED) is 0.800. The Kier molecular flexibility index (Phi) is 4.11. The summed E-state index contributed by atoms with van der Waals surface area (Å²) >= 11 is 3.48. The molecule has 18 heavy (non-hydrogen) atoms. The van der Waals surface area contributed by atoms with Gasteiger partial charge in [-0.3, -0.25) is 4.79 Å². The van der Waals surface area contributed by atoms with Crippen LogP contribution in [-0.2, 0) is 11.3 Å². The van der Waals surface area contributed by atoms with Gasteiger partial charge in [0.15, 0.2) is 0 Å². The van der Waals surface area contributed by atoms with E-state index in [1.807, 2.05) is 23.1 Å². The topological polar surface area (TPSA) is 38.8 Å². The number of hydrogen-bond acceptors (Lipinski definition) is 3. The van der Waals surface area contributed by atoms with Crippen molar-refractivity contribution in [1.29, 1.82) is 0 Å². The fourth-order valence-electron chi connectivity index (χ4n) is 2.15. The SMILES string of the molecule is COc1cccc(OC)c1CN1CC(Br)CC1=O. The highest BCUT2D eigenvalue weighted by atomic mass is 79.9. The summed E-state index contributed by atoms with van der Waals surface area (Å²) in [5.41, 5.74) is 0.914. The van der Waals surface area contributed by atoms with E-state index >= 15 is 0 Å². The lowest BCUT2D eigenvalue weighted by Crippen LogP contribution is -2.25. The number of hydrogen-bond donors (Lipinski definition) is 0. The highest BCUT2D eigenvalue weighted by Crippen LogP contribution is 2.31. The van der Waals surface area contributed by atoms with Crippen LogP contribution >= 0.6 is 15.9 Å². The number of alkyl halides is 1. The van der Waals surface area contributed by atoms with Crippen LogP contribution < -0.4 is 9.47 Å². The molecule has 1 amide bonds. The van der Waals surface area contributed by atoms with Crippen LogP contribution in [0, 0.1) is 0 Å². The summed E-state index contributed by atoms with van der Waals surface area (Å²) in [6.45, 7) is 1.24. The van der Waals surface area contributed by atoms with Crippen LogP contribution in [0.4, 0.5) is 0 Å². The van der Waals surface area contributed by atoms with Crippen LogP contribution in [0.5, 0.6) is 11.5 Å². The molecule has 0 spiro atoms. The largest absolute Gasteiger partial charge is 0.496 e. The van der Waals surface area contributed by atoms with E-state index in [4.69, 9.17) is 9.47 Å². The van der Waals surface area contributed by atoms with Crippen LogP contribution in [0.1, 0.15) is 12.0 Å². The summed E-state index contributed by atoms with van der Waals surface area (Å²) < 4.78 is 10.7. The van der Waals surface area contributed by atoms with E-state index < -0.39 is 0 Å². The number of methoxy groups -OCH3 is 2. The van der Waals surface area contributed by atoms with Crippen LogP contribution in [0.15, 0.2) is 18.2 Å². The van der Waals surface area contributed by atoms with Gasteiger partial charge in [0.1, 0.15) is 11.5 Å². The number of carbonyl (C=O) groups excluding carboxylic acids is 1. The molecule has 1 fully saturated rings. The first-order valence-electron chi connectivity index (χ1n) is 5.77. The van der Waals surface area contributed by atoms with Gasteiger partial charge in [0.05, 0.1) is 26.3 Å². The third-order valence-electron chi connectivity index (χ3n) is 3.05. The van der Waals surface area contributed by atoms with Gasteiger partial charge >= 0.3 is 0 Å². The summed E-state index contributed by atoms with van der Waals surface area (Å²) in [5.74, 6) is 1.66. The third-order valence-corrected chi connectivity index (χ3v) is 3.66. The van der Waals surface area contributed by atoms with Gasteiger partial charge in [0.25, 0.3) is 0 Å². The number of nitrogens with zero attached hydrogens (tertiary/aromatic N) is 1. The summed E-state index contributed by atoms with van der Waals surface area (Å²) in [6, 6.07) is 5.63. The van der Waals surface area contributed by atoms with Crippen LogP contribution in [-0.4, -0.2) is 36.4 Å². The molecule has 0 aliphatic carbocycles. The fraction of sp³-hybridized carbons (Fsp3) is 0.462. The van der Waals surface area contributed by atoms with Crippen molar-refractivity contribution in [1.82, 2.24) is 4.90 Å². The molecule has 1 heterocycles. The van der Waals surface area contributed by atoms with Crippen molar-refractivity contribution in [3.05, 3.63) is 23.8 Å². The normalized spacial score (nSPS) is 19.2. The monoisotopic (exact) mass is 313 g/mol. The second kappa shape index (κ2) is 5.61. The van der Waals surface area contributed by atoms with Gasteiger partial charge in [-0.25, -0.2) is 0 Å². The lowest BCUT2D eigenvalue weighted by Gasteiger charge is -2.19. The first-order valence-corrected chi connectivity index (χ1v) is 6.69. The van der Waals surface area contributed by atoms with Crippen molar-refractivity contribution in [3.8, 4) is 11.5 Å². The van der Waals surface area contributed by atoms with E-state index in [1.165, 1.54) is 0 Å². The molecule has 0 radical (unpaired) electrons. The second-order valence-corrected chi connectivity index (χ2v) is 5.51. The van der Waals surface area contributed by atoms with Crippen molar-refractivity contribution >= 4 is 21.8 Å². The maximum absolute atomic E-state index is 11.8. The molecule has 1 aliphatic rings. The molecule has 2 rings (SSSR count). The summed E-state index contributed by atoms with van der Waals surface area (Å²) in [7, 11) is 3.24. The van der Waals surface area contributed by atoms with E-state index in [1.54, 1.807) is 14.2 Å². The Morgan fingerprint density at radius 3 is 2.39 bits per heavy atom. The molecule has 4 nitrogen and oxygen atoms in total. The number of ether oxygens (including phenoxy) is 2. The molecule has 0 bridgehead atoms. The van der Waals surface area contributed by atoms with Crippen LogP contribution in [0.25, 0.3) is 0 Å². The van der Waals surface area contributed by atoms with E-state index in [2.05, 4.69) is 15.9 Å². The maximum atomic E-state index is 11.8. The predicted octanol–water partition coefficient (Wildman–Crippen LogP) is 2.20. The lowest BCUT2D eigenvalue weighted by molar-refractivity contribution is -0.128. The smallest absolute Gasteiger partial charge is 0.224 e. The van der Waals surface area contributed by atoms with E-state index in [0.717, 1.165) is 23.6 Å². The summed E-state index contributed by atoms with van der Waals surface area (Å²) in [5, 5.41) is 0. The van der Waals surface area contributed by atoms with Crippen LogP contribution in [0.3, 0.4) is 0 Å². The fourth-order valence-corrected chi connectivity index (χ4v) is 2.78. The average molecular weight is 314 g/mol. The van der Waals surface area contributed by atoms with E-state index in [-0.39, 0.29) is 10.7 Å². The molecule has 5 heteroatoms. The molecule has 0 saturated carbocycles. The molecule has 0 N–H and O–H groups in total. The van der Waals surface area contributed by atoms with Crippen LogP contribution in [0.2, 0.25) is 0 Å². The zero-order valence-electron chi connectivity index (χ0n) is 10.5. The average Bonchev–Trinajstić information content (AvgIpc) is 2.68. The van der Waals surface area contributed by atoms with Gasteiger partial charge in [-0.1, -0.05) is 22.0 Å². The summed E-state index contributed by atoms with van der Waals surface area (Å²) in [4.78, 5) is 13.9. The molecule has 0 aromatic heterocycles. The highest BCUT2D eigenvalue weighted by molar-refractivity contribution is 9.09. The Labute approximate surface area is 115 Å². The Hall–Kier alpha value is -1.23. The van der Waals surface area contributed by atoms with Crippen molar-refractivity contribution in [2.75, 3.05) is 20.8 Å². The number of likely N-dealkylation sites (tertiary alicyclic amines) is 1. The molecule has 1 aromatic carbocycles. The molecule has 1 aromatic rings. The number of carbonyl (C=O) groups is 1. The summed E-state index contributed by atoms with van der Waals surface area (Å²) in [6.07, 6.45) is 0.553. The minimum Gasteiger partial charge on any atom is -0.496 e. The van der Waals surface area contributed by atoms with Gasteiger partial charge < -0.3 is 14.4 Å². The molecule has 1 unspecified atom stereocenters. The number of halogens is 1. The van der Waals surface area contributed by atoms with Gasteiger partial charge in [0.2, 0.25) is 5.91 Å². The minimum absolute atomic E-state index is 0.157. The van der Waals surface area contributed by atoms with E-state index in [9.17, 15) is 4.79 Å². The van der Waals surface area contributed by atoms with Gasteiger partial charge in [-0.2, -0.15) is 0 Å². The minimum atomic E-state index is 0.157. The predicted molar refractivity (Wildman–Crippen MR) is 72.3 cm³/mol. The Bertz CT molecular complexity index is 428. The Balaban J connectivity index is 2.25. The van der Waals surface area contributed by atoms with Crippen molar-refractivity contribution < 1.29 is 14.3 Å². The highest BCUT2D eigenvalue weighted by Gasteiger charge is 2.29.